The van der Waals surface area contributed by atoms with Gasteiger partial charge in [0.05, 0.1) is 50.4 Å². The van der Waals surface area contributed by atoms with Gasteiger partial charge in [0.25, 0.3) is 0 Å². The van der Waals surface area contributed by atoms with Gasteiger partial charge in [-0.25, -0.2) is 4.79 Å². The monoisotopic (exact) mass is 779 g/mol. The fourth-order valence-corrected chi connectivity index (χ4v) is 12.0. The van der Waals surface area contributed by atoms with Crippen molar-refractivity contribution < 1.29 is 39.1 Å². The predicted octanol–water partition coefficient (Wildman–Crippen LogP) is 10.6. The third-order valence-corrected chi connectivity index (χ3v) is 16.8. The summed E-state index contributed by atoms with van der Waals surface area (Å²) in [7, 11) is 0. The number of hydrogen-bond acceptors (Lipinski definition) is 8. The van der Waals surface area contributed by atoms with Crippen molar-refractivity contribution in [2.75, 3.05) is 0 Å². The van der Waals surface area contributed by atoms with E-state index >= 15 is 0 Å². The van der Waals surface area contributed by atoms with Crippen molar-refractivity contribution in [3.8, 4) is 0 Å². The Hall–Kier alpha value is -1.03. The first-order valence-corrected chi connectivity index (χ1v) is 21.7. The van der Waals surface area contributed by atoms with Crippen LogP contribution in [0.5, 0.6) is 0 Å². The molecule has 4 rings (SSSR count). The minimum Gasteiger partial charge on any atom is -0.456 e. The molecule has 0 amide bonds. The van der Waals surface area contributed by atoms with Crippen molar-refractivity contribution in [3.63, 3.8) is 0 Å². The van der Waals surface area contributed by atoms with Gasteiger partial charge in [-0.05, 0) is 167 Å². The maximum absolute atomic E-state index is 14.1. The highest BCUT2D eigenvalue weighted by Crippen LogP contribution is 2.81. The zero-order chi connectivity index (χ0) is 43.0. The molecule has 0 atom stereocenters. The van der Waals surface area contributed by atoms with Crippen molar-refractivity contribution in [2.45, 2.75) is 265 Å². The first-order valence-electron chi connectivity index (χ1n) is 21.7. The van der Waals surface area contributed by atoms with Crippen molar-refractivity contribution in [1.29, 1.82) is 0 Å². The first-order chi connectivity index (χ1) is 24.6. The van der Waals surface area contributed by atoms with Gasteiger partial charge in [0, 0.05) is 21.8 Å². The summed E-state index contributed by atoms with van der Waals surface area (Å²) in [6, 6.07) is 0. The van der Waals surface area contributed by atoms with E-state index in [0.29, 0.717) is 63.4 Å². The molecular weight excluding hydrogens is 693 g/mol. The van der Waals surface area contributed by atoms with Crippen molar-refractivity contribution in [1.82, 2.24) is 0 Å². The van der Waals surface area contributed by atoms with E-state index in [0.717, 1.165) is 19.3 Å². The number of carbonyl (C=O) groups excluding carboxylic acids is 1. The Morgan fingerprint density at radius 2 is 0.709 bits per heavy atom. The van der Waals surface area contributed by atoms with Gasteiger partial charge >= 0.3 is 5.97 Å². The summed E-state index contributed by atoms with van der Waals surface area (Å²) in [6.45, 7) is 41.8. The molecule has 4 bridgehead atoms. The van der Waals surface area contributed by atoms with Gasteiger partial charge in [0.15, 0.2) is 0 Å². The zero-order valence-corrected chi connectivity index (χ0v) is 39.1. The van der Waals surface area contributed by atoms with Crippen LogP contribution < -0.4 is 0 Å². The molecule has 0 aliphatic heterocycles. The van der Waals surface area contributed by atoms with Crippen LogP contribution in [-0.4, -0.2) is 77.3 Å². The van der Waals surface area contributed by atoms with Crippen LogP contribution in [-0.2, 0) is 23.7 Å². The lowest BCUT2D eigenvalue weighted by molar-refractivity contribution is -0.386. The van der Waals surface area contributed by atoms with Crippen molar-refractivity contribution in [2.24, 2.45) is 16.2 Å². The van der Waals surface area contributed by atoms with Crippen molar-refractivity contribution >= 4 is 5.97 Å². The van der Waals surface area contributed by atoms with Crippen LogP contribution in [0.15, 0.2) is 12.2 Å². The highest BCUT2D eigenvalue weighted by molar-refractivity contribution is 5.87. The fraction of sp³-hybridized carbons (Fsp3) is 0.936. The molecule has 4 saturated carbocycles. The van der Waals surface area contributed by atoms with E-state index in [1.165, 1.54) is 0 Å². The highest BCUT2D eigenvalue weighted by Gasteiger charge is 2.80. The van der Waals surface area contributed by atoms with Crippen LogP contribution in [0.2, 0.25) is 0 Å². The summed E-state index contributed by atoms with van der Waals surface area (Å²) < 4.78 is 29.7. The van der Waals surface area contributed by atoms with Gasteiger partial charge in [-0.2, -0.15) is 0 Å². The van der Waals surface area contributed by atoms with E-state index in [2.05, 4.69) is 48.1 Å². The Bertz CT molecular complexity index is 1230. The summed E-state index contributed by atoms with van der Waals surface area (Å²) in [5, 5.41) is 34.9. The van der Waals surface area contributed by atoms with Gasteiger partial charge in [-0.15, -0.1) is 0 Å². The average Bonchev–Trinajstić information content (AvgIpc) is 3.02. The molecule has 55 heavy (non-hydrogen) atoms. The lowest BCUT2D eigenvalue weighted by Crippen LogP contribution is -2.79. The third kappa shape index (κ3) is 7.67. The van der Waals surface area contributed by atoms with E-state index in [-0.39, 0.29) is 0 Å². The lowest BCUT2D eigenvalue weighted by atomic mass is 9.30. The standard InChI is InChI=1S/C47H86O8/c1-21-45(22-2,53-38(15,16)35(9,10)49)41-27-42(46(23-3,24-4)54-39(17,18)36(11,12)50)29-43(28-41,32-44(30-41,31-42)52-34(48)33(7)8)47(25-5,26-6)55-40(19,20)37(13,14)51/h49-51H,7,21-32H2,1-6,8-20H3. The number of esters is 1. The second-order valence-corrected chi connectivity index (χ2v) is 21.9. The molecule has 0 aromatic rings. The number of aliphatic hydroxyl groups is 3. The summed E-state index contributed by atoms with van der Waals surface area (Å²) in [5.41, 5.74) is -10.7. The van der Waals surface area contributed by atoms with Crippen LogP contribution in [0.4, 0.5) is 0 Å². The Kier molecular flexibility index (Phi) is 12.8. The molecule has 8 heteroatoms. The molecule has 0 spiro atoms. The maximum Gasteiger partial charge on any atom is 0.333 e. The lowest BCUT2D eigenvalue weighted by Gasteiger charge is -2.79. The van der Waals surface area contributed by atoms with Crippen LogP contribution in [0.3, 0.4) is 0 Å². The SMILES string of the molecule is C=C(C)C(=O)OC12CC3(C(CC)(CC)OC(C)(C)C(C)(C)O)CC(C(CC)(CC)OC(C)(C)C(C)(C)O)(C1)CC(C(CC)(CC)OC(C)(C)C(C)(C)O)(C2)C3. The summed E-state index contributed by atoms with van der Waals surface area (Å²) >= 11 is 0. The van der Waals surface area contributed by atoms with E-state index in [1.807, 2.05) is 83.1 Å². The highest BCUT2D eigenvalue weighted by atomic mass is 16.6. The molecule has 4 aliphatic carbocycles. The second kappa shape index (κ2) is 14.6. The van der Waals surface area contributed by atoms with Crippen LogP contribution >= 0.6 is 0 Å². The van der Waals surface area contributed by atoms with Gasteiger partial charge in [0.2, 0.25) is 0 Å². The molecule has 0 heterocycles. The van der Waals surface area contributed by atoms with E-state index in [4.69, 9.17) is 18.9 Å². The molecule has 322 valence electrons. The number of carbonyl (C=O) groups is 1. The molecule has 8 nitrogen and oxygen atoms in total. The van der Waals surface area contributed by atoms with Gasteiger partial charge in [0.1, 0.15) is 5.60 Å². The first kappa shape index (κ1) is 48.3. The molecule has 3 N–H and O–H groups in total. The summed E-state index contributed by atoms with van der Waals surface area (Å²) in [4.78, 5) is 14.1. The van der Waals surface area contributed by atoms with Crippen LogP contribution in [0.1, 0.15) is 209 Å². The Labute approximate surface area is 337 Å². The number of hydrogen-bond donors (Lipinski definition) is 3. The molecule has 0 aromatic carbocycles. The second-order valence-electron chi connectivity index (χ2n) is 21.9. The van der Waals surface area contributed by atoms with E-state index in [1.54, 1.807) is 6.92 Å². The van der Waals surface area contributed by atoms with Crippen molar-refractivity contribution in [3.05, 3.63) is 12.2 Å². The summed E-state index contributed by atoms with van der Waals surface area (Å²) in [5.74, 6) is -0.397. The quantitative estimate of drug-likeness (QED) is 0.0827. The van der Waals surface area contributed by atoms with E-state index < -0.39 is 78.2 Å². The van der Waals surface area contributed by atoms with Gasteiger partial charge < -0.3 is 34.3 Å². The predicted molar refractivity (Wildman–Crippen MR) is 223 cm³/mol. The normalized spacial score (nSPS) is 28.5. The third-order valence-electron chi connectivity index (χ3n) is 16.8. The Morgan fingerprint density at radius 3 is 0.873 bits per heavy atom. The van der Waals surface area contributed by atoms with Crippen LogP contribution in [0.25, 0.3) is 0 Å². The number of rotatable bonds is 20. The smallest absolute Gasteiger partial charge is 0.333 e. The van der Waals surface area contributed by atoms with Crippen LogP contribution in [0, 0.1) is 16.2 Å². The average molecular weight is 779 g/mol. The molecule has 4 fully saturated rings. The Balaban J connectivity index is 2.66. The molecule has 0 radical (unpaired) electrons. The fourth-order valence-electron chi connectivity index (χ4n) is 12.0. The molecular formula is C47H86O8. The molecule has 0 unspecified atom stereocenters. The van der Waals surface area contributed by atoms with E-state index in [9.17, 15) is 20.1 Å². The Morgan fingerprint density at radius 1 is 0.491 bits per heavy atom. The topological polar surface area (TPSA) is 115 Å². The zero-order valence-electron chi connectivity index (χ0n) is 39.1. The molecule has 0 aromatic heterocycles. The summed E-state index contributed by atoms with van der Waals surface area (Å²) in [6.07, 6.45) is 8.19. The molecule has 0 saturated heterocycles. The molecule has 4 aliphatic rings. The largest absolute Gasteiger partial charge is 0.456 e. The number of ether oxygens (including phenoxy) is 4. The maximum atomic E-state index is 14.1. The minimum absolute atomic E-state index is 0.359. The minimum atomic E-state index is -1.16. The van der Waals surface area contributed by atoms with Gasteiger partial charge in [-0.3, -0.25) is 0 Å². The van der Waals surface area contributed by atoms with Gasteiger partial charge in [-0.1, -0.05) is 48.1 Å².